The number of phosphoric ester groups is 1. The van der Waals surface area contributed by atoms with Gasteiger partial charge in [0.2, 0.25) is 0 Å². The molecule has 0 aromatic rings. The molecule has 0 rings (SSSR count). The lowest BCUT2D eigenvalue weighted by atomic mass is 10.1. The maximum absolute atomic E-state index is 12.6. The first-order chi connectivity index (χ1) is 26.7. The van der Waals surface area contributed by atoms with Gasteiger partial charge in [-0.15, -0.1) is 0 Å². The van der Waals surface area contributed by atoms with Crippen LogP contribution in [-0.2, 0) is 32.7 Å². The summed E-state index contributed by atoms with van der Waals surface area (Å²) in [6.45, 7) is 4.11. The molecule has 0 aromatic carbocycles. The third kappa shape index (κ3) is 40.9. The Morgan fingerprint density at radius 1 is 0.582 bits per heavy atom. The molecule has 0 aliphatic heterocycles. The number of hydrogen-bond donors (Lipinski definition) is 1. The van der Waals surface area contributed by atoms with Crippen LogP contribution >= 0.6 is 7.82 Å². The van der Waals surface area contributed by atoms with E-state index < -0.39 is 32.5 Å². The predicted molar refractivity (Wildman–Crippen MR) is 229 cm³/mol. The van der Waals surface area contributed by atoms with E-state index in [2.05, 4.69) is 80.7 Å². The zero-order chi connectivity index (χ0) is 40.5. The highest BCUT2D eigenvalue weighted by atomic mass is 31.2. The fourth-order valence-corrected chi connectivity index (χ4v) is 5.99. The van der Waals surface area contributed by atoms with Crippen molar-refractivity contribution in [1.29, 1.82) is 0 Å². The van der Waals surface area contributed by atoms with Gasteiger partial charge >= 0.3 is 19.8 Å². The number of phosphoric acid groups is 1. The van der Waals surface area contributed by atoms with E-state index in [4.69, 9.17) is 18.5 Å². The Hall–Kier alpha value is -2.55. The highest BCUT2D eigenvalue weighted by Gasteiger charge is 2.26. The molecule has 0 aliphatic carbocycles. The number of esters is 2. The Morgan fingerprint density at radius 3 is 1.62 bits per heavy atom. The number of nitrogens with zero attached hydrogens (tertiary/aromatic N) is 1. The van der Waals surface area contributed by atoms with Crippen LogP contribution in [0.2, 0.25) is 0 Å². The summed E-state index contributed by atoms with van der Waals surface area (Å²) in [6.07, 6.45) is 46.7. The minimum Gasteiger partial charge on any atom is -0.462 e. The number of carbonyl (C=O) groups is 2. The molecule has 2 unspecified atom stereocenters. The van der Waals surface area contributed by atoms with Gasteiger partial charge < -0.3 is 19.3 Å². The zero-order valence-electron chi connectivity index (χ0n) is 35.1. The molecule has 0 saturated carbocycles. The molecule has 0 saturated heterocycles. The second-order valence-corrected chi connectivity index (χ2v) is 15.6. The van der Waals surface area contributed by atoms with E-state index in [1.165, 1.54) is 44.9 Å². The van der Waals surface area contributed by atoms with Gasteiger partial charge in [0.15, 0.2) is 6.10 Å². The average Bonchev–Trinajstić information content (AvgIpc) is 3.15. The van der Waals surface area contributed by atoms with E-state index in [1.54, 1.807) is 4.90 Å². The molecule has 0 aliphatic rings. The number of unbranched alkanes of at least 4 members (excludes halogenated alkanes) is 12. The van der Waals surface area contributed by atoms with Crippen LogP contribution in [-0.4, -0.2) is 68.3 Å². The molecule has 0 radical (unpaired) electrons. The first-order valence-electron chi connectivity index (χ1n) is 21.2. The van der Waals surface area contributed by atoms with Gasteiger partial charge in [0, 0.05) is 19.4 Å². The van der Waals surface area contributed by atoms with Crippen LogP contribution in [0.1, 0.15) is 155 Å². The van der Waals surface area contributed by atoms with Crippen LogP contribution in [0.25, 0.3) is 0 Å². The fourth-order valence-electron chi connectivity index (χ4n) is 5.25. The van der Waals surface area contributed by atoms with Crippen LogP contribution in [0.4, 0.5) is 0 Å². The van der Waals surface area contributed by atoms with Crippen LogP contribution in [0.3, 0.4) is 0 Å². The molecule has 0 bridgehead atoms. The summed E-state index contributed by atoms with van der Waals surface area (Å²) >= 11 is 0. The van der Waals surface area contributed by atoms with Crippen molar-refractivity contribution in [3.8, 4) is 0 Å². The Kier molecular flexibility index (Phi) is 37.8. The van der Waals surface area contributed by atoms with Crippen LogP contribution < -0.4 is 0 Å². The quantitative estimate of drug-likeness (QED) is 0.0283. The van der Waals surface area contributed by atoms with Crippen LogP contribution in [0.5, 0.6) is 0 Å². The summed E-state index contributed by atoms with van der Waals surface area (Å²) in [5, 5.41) is 0. The second-order valence-electron chi connectivity index (χ2n) is 14.1. The van der Waals surface area contributed by atoms with E-state index in [-0.39, 0.29) is 26.1 Å². The average molecular weight is 792 g/mol. The van der Waals surface area contributed by atoms with Crippen molar-refractivity contribution in [2.75, 3.05) is 40.5 Å². The Morgan fingerprint density at radius 2 is 1.05 bits per heavy atom. The van der Waals surface area contributed by atoms with Crippen molar-refractivity contribution in [3.63, 3.8) is 0 Å². The summed E-state index contributed by atoms with van der Waals surface area (Å²) in [4.78, 5) is 37.0. The first-order valence-corrected chi connectivity index (χ1v) is 22.7. The number of rotatable bonds is 38. The molecular weight excluding hydrogens is 713 g/mol. The number of likely N-dealkylation sites (N-methyl/N-ethyl adjacent to an activating group) is 1. The largest absolute Gasteiger partial charge is 0.472 e. The summed E-state index contributed by atoms with van der Waals surface area (Å²) < 4.78 is 33.4. The fraction of sp³-hybridized carbons (Fsp3) is 0.689. The van der Waals surface area contributed by atoms with E-state index in [0.717, 1.165) is 70.6 Å². The Balaban J connectivity index is 4.43. The third-order valence-corrected chi connectivity index (χ3v) is 9.48. The van der Waals surface area contributed by atoms with E-state index in [1.807, 2.05) is 20.2 Å². The molecule has 10 heteroatoms. The molecule has 9 nitrogen and oxygen atoms in total. The molecule has 0 amide bonds. The maximum Gasteiger partial charge on any atom is 0.472 e. The summed E-state index contributed by atoms with van der Waals surface area (Å²) in [7, 11) is -0.748. The molecule has 316 valence electrons. The maximum atomic E-state index is 12.6. The van der Waals surface area contributed by atoms with Crippen LogP contribution in [0.15, 0.2) is 72.9 Å². The summed E-state index contributed by atoms with van der Waals surface area (Å²) in [5.74, 6) is -0.887. The van der Waals surface area contributed by atoms with Gasteiger partial charge in [-0.2, -0.15) is 0 Å². The highest BCUT2D eigenvalue weighted by Crippen LogP contribution is 2.43. The second kappa shape index (κ2) is 39.7. The van der Waals surface area contributed by atoms with E-state index in [0.29, 0.717) is 19.4 Å². The number of allylic oxidation sites excluding steroid dienone is 12. The normalized spacial score (nSPS) is 14.1. The van der Waals surface area contributed by atoms with Crippen molar-refractivity contribution >= 4 is 19.8 Å². The standard InChI is InChI=1S/C45H78NO8P/c1-5-7-9-11-13-15-17-19-21-22-24-25-27-29-31-33-35-37-44(47)51-41-43(42-53-55(49,50)52-40-39-46(3)4)54-45(48)38-36-34-32-30-28-26-23-20-18-16-14-12-10-8-6-2/h7,9,13,15,19-21,23-25,29,31,43H,5-6,8,10-12,14,16-18,22,26-28,30,32-42H2,1-4H3,(H,49,50)/b9-7-,15-13-,21-19-,23-20-,25-24-,31-29-. The molecule has 0 aromatic heterocycles. The lowest BCUT2D eigenvalue weighted by molar-refractivity contribution is -0.161. The lowest BCUT2D eigenvalue weighted by Gasteiger charge is -2.20. The summed E-state index contributed by atoms with van der Waals surface area (Å²) in [6, 6.07) is 0. The number of carbonyl (C=O) groups excluding carboxylic acids is 2. The number of ether oxygens (including phenoxy) is 2. The minimum atomic E-state index is -4.38. The van der Waals surface area contributed by atoms with Crippen molar-refractivity contribution < 1.29 is 37.6 Å². The van der Waals surface area contributed by atoms with Crippen molar-refractivity contribution in [2.45, 2.75) is 161 Å². The smallest absolute Gasteiger partial charge is 0.462 e. The van der Waals surface area contributed by atoms with Gasteiger partial charge in [0.25, 0.3) is 0 Å². The molecular formula is C45H78NO8P. The van der Waals surface area contributed by atoms with Gasteiger partial charge in [-0.3, -0.25) is 18.6 Å². The van der Waals surface area contributed by atoms with E-state index in [9.17, 15) is 19.0 Å². The molecule has 0 spiro atoms. The van der Waals surface area contributed by atoms with Gasteiger partial charge in [-0.25, -0.2) is 4.57 Å². The van der Waals surface area contributed by atoms with Crippen molar-refractivity contribution in [2.24, 2.45) is 0 Å². The van der Waals surface area contributed by atoms with Gasteiger partial charge in [0.1, 0.15) is 6.61 Å². The highest BCUT2D eigenvalue weighted by molar-refractivity contribution is 7.47. The topological polar surface area (TPSA) is 112 Å². The van der Waals surface area contributed by atoms with Crippen LogP contribution in [0, 0.1) is 0 Å². The van der Waals surface area contributed by atoms with Gasteiger partial charge in [-0.05, 0) is 91.1 Å². The SMILES string of the molecule is CC/C=C\C/C=C\C/C=C\C/C=C\C/C=C\CCCC(=O)OCC(COP(=O)(O)OCCN(C)C)OC(=O)CCCCCCC/C=C\CCCCCCCC. The molecule has 0 heterocycles. The Bertz CT molecular complexity index is 1140. The minimum absolute atomic E-state index is 0.00636. The predicted octanol–water partition coefficient (Wildman–Crippen LogP) is 12.1. The first kappa shape index (κ1) is 52.5. The zero-order valence-corrected chi connectivity index (χ0v) is 36.0. The molecule has 55 heavy (non-hydrogen) atoms. The summed E-state index contributed by atoms with van der Waals surface area (Å²) in [5.41, 5.74) is 0. The monoisotopic (exact) mass is 792 g/mol. The third-order valence-electron chi connectivity index (χ3n) is 8.50. The van der Waals surface area contributed by atoms with E-state index >= 15 is 0 Å². The van der Waals surface area contributed by atoms with Crippen molar-refractivity contribution in [3.05, 3.63) is 72.9 Å². The Labute approximate surface area is 336 Å². The van der Waals surface area contributed by atoms with Gasteiger partial charge in [-0.1, -0.05) is 138 Å². The molecule has 1 N–H and O–H groups in total. The van der Waals surface area contributed by atoms with Gasteiger partial charge in [0.05, 0.1) is 13.2 Å². The molecule has 2 atom stereocenters. The lowest BCUT2D eigenvalue weighted by Crippen LogP contribution is -2.29. The molecule has 0 fully saturated rings. The van der Waals surface area contributed by atoms with Crippen molar-refractivity contribution in [1.82, 2.24) is 4.90 Å². The number of hydrogen-bond acceptors (Lipinski definition) is 8.